The molecule has 2 N–H and O–H groups in total. The second-order valence-corrected chi connectivity index (χ2v) is 6.24. The third-order valence-corrected chi connectivity index (χ3v) is 4.63. The van der Waals surface area contributed by atoms with E-state index in [1.54, 1.807) is 30.0 Å². The molecule has 0 aliphatic carbocycles. The van der Waals surface area contributed by atoms with E-state index in [1.165, 1.54) is 6.42 Å². The fraction of sp³-hybridized carbons (Fsp3) is 0.400. The normalized spacial score (nSPS) is 18.0. The highest BCUT2D eigenvalue weighted by Crippen LogP contribution is 2.27. The van der Waals surface area contributed by atoms with Crippen molar-refractivity contribution in [3.63, 3.8) is 0 Å². The molecule has 1 amide bonds. The number of hydrogen-bond acceptors (Lipinski definition) is 3. The number of hydrogen-bond donors (Lipinski definition) is 2. The zero-order valence-corrected chi connectivity index (χ0v) is 12.6. The molecule has 1 saturated heterocycles. The van der Waals surface area contributed by atoms with Crippen molar-refractivity contribution in [2.24, 2.45) is 0 Å². The topological polar surface area (TPSA) is 49.3 Å². The minimum absolute atomic E-state index is 0.0121. The molecular weight excluding hydrogens is 294 g/mol. The lowest BCUT2D eigenvalue weighted by molar-refractivity contribution is -0.115. The monoisotopic (exact) mass is 309 g/mol. The third-order valence-electron chi connectivity index (χ3n) is 3.01. The fourth-order valence-corrected chi connectivity index (χ4v) is 3.40. The van der Waals surface area contributed by atoms with Gasteiger partial charge in [0.2, 0.25) is 5.91 Å². The molecule has 3 nitrogen and oxygen atoms in total. The third kappa shape index (κ3) is 4.17. The second-order valence-electron chi connectivity index (χ2n) is 4.49. The van der Waals surface area contributed by atoms with Crippen molar-refractivity contribution in [1.29, 1.82) is 0 Å². The maximum Gasteiger partial charge on any atom is 0.237 e. The molecule has 1 aromatic carbocycles. The highest BCUT2D eigenvalue weighted by Gasteiger charge is 2.22. The number of halogens is 1. The molecule has 1 unspecified atom stereocenters. The number of benzene rings is 1. The van der Waals surface area contributed by atoms with Gasteiger partial charge in [0.25, 0.3) is 0 Å². The Labute approximate surface area is 128 Å². The average molecular weight is 310 g/mol. The predicted octanol–water partition coefficient (Wildman–Crippen LogP) is 2.91. The van der Waals surface area contributed by atoms with Gasteiger partial charge in [-0.05, 0) is 36.8 Å². The van der Waals surface area contributed by atoms with Crippen LogP contribution in [0.25, 0.3) is 0 Å². The zero-order chi connectivity index (χ0) is 14.4. The van der Waals surface area contributed by atoms with Crippen LogP contribution in [0.4, 0.5) is 5.69 Å². The Kier molecular flexibility index (Phi) is 5.78. The van der Waals surface area contributed by atoms with Crippen LogP contribution in [0.1, 0.15) is 24.8 Å². The first-order chi connectivity index (χ1) is 9.70. The van der Waals surface area contributed by atoms with Crippen LogP contribution in [0.2, 0.25) is 5.02 Å². The molecule has 5 heteroatoms. The quantitative estimate of drug-likeness (QED) is 0.826. The van der Waals surface area contributed by atoms with Crippen LogP contribution < -0.4 is 5.32 Å². The summed E-state index contributed by atoms with van der Waals surface area (Å²) >= 11 is 7.64. The van der Waals surface area contributed by atoms with Crippen LogP contribution in [0.15, 0.2) is 18.2 Å². The molecule has 106 valence electrons. The van der Waals surface area contributed by atoms with E-state index in [-0.39, 0.29) is 17.8 Å². The fourth-order valence-electron chi connectivity index (χ4n) is 2.02. The van der Waals surface area contributed by atoms with Gasteiger partial charge in [0.15, 0.2) is 0 Å². The molecule has 0 saturated carbocycles. The van der Waals surface area contributed by atoms with E-state index in [1.807, 2.05) is 0 Å². The van der Waals surface area contributed by atoms with E-state index >= 15 is 0 Å². The molecule has 1 aliphatic rings. The van der Waals surface area contributed by atoms with Crippen LogP contribution in [0, 0.1) is 11.8 Å². The van der Waals surface area contributed by atoms with Gasteiger partial charge in [-0.1, -0.05) is 29.9 Å². The van der Waals surface area contributed by atoms with Crippen LogP contribution in [0.3, 0.4) is 0 Å². The van der Waals surface area contributed by atoms with Crippen molar-refractivity contribution in [2.75, 3.05) is 17.7 Å². The van der Waals surface area contributed by atoms with Gasteiger partial charge in [-0.25, -0.2) is 0 Å². The van der Waals surface area contributed by atoms with Crippen molar-refractivity contribution in [2.45, 2.75) is 24.5 Å². The summed E-state index contributed by atoms with van der Waals surface area (Å²) in [6.45, 7) is -0.224. The Morgan fingerprint density at radius 2 is 2.35 bits per heavy atom. The predicted molar refractivity (Wildman–Crippen MR) is 84.1 cm³/mol. The Morgan fingerprint density at radius 3 is 3.05 bits per heavy atom. The Hall–Kier alpha value is -1.15. The number of thioether (sulfide) groups is 1. The summed E-state index contributed by atoms with van der Waals surface area (Å²) in [5.41, 5.74) is 1.27. The lowest BCUT2D eigenvalue weighted by atomic mass is 10.1. The van der Waals surface area contributed by atoms with Crippen LogP contribution in [-0.4, -0.2) is 28.6 Å². The summed E-state index contributed by atoms with van der Waals surface area (Å²) in [6.07, 6.45) is 3.20. The summed E-state index contributed by atoms with van der Waals surface area (Å²) in [4.78, 5) is 12.2. The van der Waals surface area contributed by atoms with Crippen molar-refractivity contribution >= 4 is 35.0 Å². The molecule has 0 spiro atoms. The minimum Gasteiger partial charge on any atom is -0.384 e. The van der Waals surface area contributed by atoms with Crippen molar-refractivity contribution in [3.8, 4) is 11.8 Å². The lowest BCUT2D eigenvalue weighted by Gasteiger charge is -2.20. The van der Waals surface area contributed by atoms with Crippen LogP contribution >= 0.6 is 23.4 Å². The molecule has 20 heavy (non-hydrogen) atoms. The number of anilines is 1. The lowest BCUT2D eigenvalue weighted by Crippen LogP contribution is -2.27. The molecule has 1 aromatic rings. The van der Waals surface area contributed by atoms with E-state index in [0.29, 0.717) is 16.3 Å². The minimum atomic E-state index is -0.224. The van der Waals surface area contributed by atoms with Gasteiger partial charge < -0.3 is 10.4 Å². The standard InChI is InChI=1S/C15H16ClNO2S/c16-12-6-7-13(11(10-12)4-3-8-18)17-15(19)14-5-1-2-9-20-14/h6-7,10,14,18H,1-2,5,8-9H2,(H,17,19). The number of carbonyl (C=O) groups excluding carboxylic acids is 1. The van der Waals surface area contributed by atoms with Crippen molar-refractivity contribution in [3.05, 3.63) is 28.8 Å². The summed E-state index contributed by atoms with van der Waals surface area (Å²) in [5.74, 6) is 6.44. The van der Waals surface area contributed by atoms with Gasteiger partial charge in [0.05, 0.1) is 10.9 Å². The smallest absolute Gasteiger partial charge is 0.237 e. The number of amides is 1. The molecule has 1 heterocycles. The largest absolute Gasteiger partial charge is 0.384 e. The highest BCUT2D eigenvalue weighted by molar-refractivity contribution is 8.00. The van der Waals surface area contributed by atoms with Gasteiger partial charge >= 0.3 is 0 Å². The first kappa shape index (κ1) is 15.2. The zero-order valence-electron chi connectivity index (χ0n) is 11.0. The van der Waals surface area contributed by atoms with Crippen molar-refractivity contribution in [1.82, 2.24) is 0 Å². The van der Waals surface area contributed by atoms with Crippen LogP contribution in [-0.2, 0) is 4.79 Å². The molecule has 1 atom stereocenters. The number of rotatable bonds is 2. The summed E-state index contributed by atoms with van der Waals surface area (Å²) < 4.78 is 0. The maximum atomic E-state index is 12.2. The van der Waals surface area contributed by atoms with E-state index in [9.17, 15) is 4.79 Å². The Bertz CT molecular complexity index is 545. The molecule has 1 aliphatic heterocycles. The second kappa shape index (κ2) is 7.58. The van der Waals surface area contributed by atoms with E-state index in [0.717, 1.165) is 18.6 Å². The van der Waals surface area contributed by atoms with Crippen LogP contribution in [0.5, 0.6) is 0 Å². The molecule has 0 aromatic heterocycles. The summed E-state index contributed by atoms with van der Waals surface area (Å²) in [5, 5.41) is 12.3. The van der Waals surface area contributed by atoms with Gasteiger partial charge in [-0.3, -0.25) is 4.79 Å². The van der Waals surface area contributed by atoms with E-state index < -0.39 is 0 Å². The average Bonchev–Trinajstić information content (AvgIpc) is 2.48. The Morgan fingerprint density at radius 1 is 1.50 bits per heavy atom. The molecule has 1 fully saturated rings. The van der Waals surface area contributed by atoms with Gasteiger partial charge in [-0.15, -0.1) is 11.8 Å². The SMILES string of the molecule is O=C(Nc1ccc(Cl)cc1C#CCO)C1CCCCS1. The maximum absolute atomic E-state index is 12.2. The van der Waals surface area contributed by atoms with Gasteiger partial charge in [-0.2, -0.15) is 0 Å². The number of carbonyl (C=O) groups is 1. The Balaban J connectivity index is 2.13. The molecular formula is C15H16ClNO2S. The number of aliphatic hydroxyl groups excluding tert-OH is 1. The highest BCUT2D eigenvalue weighted by atomic mass is 35.5. The molecule has 0 radical (unpaired) electrons. The first-order valence-corrected chi connectivity index (χ1v) is 7.95. The first-order valence-electron chi connectivity index (χ1n) is 6.52. The molecule has 2 rings (SSSR count). The summed E-state index contributed by atoms with van der Waals surface area (Å²) in [6, 6.07) is 5.15. The van der Waals surface area contributed by atoms with Crippen molar-refractivity contribution < 1.29 is 9.90 Å². The summed E-state index contributed by atoms with van der Waals surface area (Å²) in [7, 11) is 0. The number of aliphatic hydroxyl groups is 1. The van der Waals surface area contributed by atoms with Gasteiger partial charge in [0, 0.05) is 10.6 Å². The number of nitrogens with one attached hydrogen (secondary N) is 1. The van der Waals surface area contributed by atoms with E-state index in [2.05, 4.69) is 17.2 Å². The van der Waals surface area contributed by atoms with E-state index in [4.69, 9.17) is 16.7 Å². The van der Waals surface area contributed by atoms with Gasteiger partial charge in [0.1, 0.15) is 6.61 Å². The molecule has 0 bridgehead atoms.